The number of benzene rings is 3. The van der Waals surface area contributed by atoms with Gasteiger partial charge in [0.05, 0.1) is 23.9 Å². The van der Waals surface area contributed by atoms with Crippen LogP contribution < -0.4 is 9.47 Å². The first kappa shape index (κ1) is 22.2. The lowest BCUT2D eigenvalue weighted by molar-refractivity contribution is 0.340. The molecular formula is C24H21ClFN3O2S. The molecule has 0 aliphatic heterocycles. The molecule has 0 radical (unpaired) electrons. The minimum atomic E-state index is -0.353. The van der Waals surface area contributed by atoms with Crippen LogP contribution in [0.3, 0.4) is 0 Å². The van der Waals surface area contributed by atoms with E-state index in [2.05, 4.69) is 10.2 Å². The summed E-state index contributed by atoms with van der Waals surface area (Å²) in [6, 6.07) is 21.4. The standard InChI is InChI=1S/C24H21ClFN3O2S/c1-2-30-18-13-11-17(12-14-18)23-27-28-24(29(23)21-9-5-4-8-20(21)26)32-16-15-31-22-10-6-3-7-19(22)25/h3-14H,2,15-16H2,1H3. The Bertz CT molecular complexity index is 1180. The molecule has 32 heavy (non-hydrogen) atoms. The van der Waals surface area contributed by atoms with E-state index in [1.807, 2.05) is 49.4 Å². The number of ether oxygens (including phenoxy) is 2. The van der Waals surface area contributed by atoms with Gasteiger partial charge in [-0.15, -0.1) is 10.2 Å². The Labute approximate surface area is 195 Å². The summed E-state index contributed by atoms with van der Waals surface area (Å²) < 4.78 is 27.7. The van der Waals surface area contributed by atoms with Gasteiger partial charge in [-0.3, -0.25) is 4.57 Å². The number of nitrogens with zero attached hydrogens (tertiary/aromatic N) is 3. The molecule has 4 aromatic rings. The molecule has 0 spiro atoms. The number of thioether (sulfide) groups is 1. The molecule has 0 amide bonds. The second-order valence-electron chi connectivity index (χ2n) is 6.68. The predicted molar refractivity (Wildman–Crippen MR) is 126 cm³/mol. The van der Waals surface area contributed by atoms with E-state index in [9.17, 15) is 4.39 Å². The van der Waals surface area contributed by atoms with E-state index in [4.69, 9.17) is 21.1 Å². The van der Waals surface area contributed by atoms with Crippen LogP contribution in [0.1, 0.15) is 6.92 Å². The summed E-state index contributed by atoms with van der Waals surface area (Å²) in [6.45, 7) is 2.93. The molecule has 0 unspecified atom stereocenters. The maximum Gasteiger partial charge on any atom is 0.196 e. The zero-order valence-electron chi connectivity index (χ0n) is 17.4. The number of aromatic nitrogens is 3. The third-order valence-electron chi connectivity index (χ3n) is 4.56. The van der Waals surface area contributed by atoms with Crippen molar-refractivity contribution in [3.63, 3.8) is 0 Å². The molecule has 164 valence electrons. The topological polar surface area (TPSA) is 49.2 Å². The van der Waals surface area contributed by atoms with Gasteiger partial charge in [0, 0.05) is 11.3 Å². The van der Waals surface area contributed by atoms with E-state index in [0.29, 0.717) is 46.4 Å². The summed E-state index contributed by atoms with van der Waals surface area (Å²) in [6.07, 6.45) is 0. The van der Waals surface area contributed by atoms with Crippen molar-refractivity contribution in [3.8, 4) is 28.6 Å². The molecule has 0 bridgehead atoms. The minimum absolute atomic E-state index is 0.353. The van der Waals surface area contributed by atoms with E-state index < -0.39 is 0 Å². The van der Waals surface area contributed by atoms with Crippen molar-refractivity contribution in [2.75, 3.05) is 19.0 Å². The first-order chi connectivity index (χ1) is 15.7. The molecule has 0 aliphatic carbocycles. The molecule has 1 aromatic heterocycles. The molecular weight excluding hydrogens is 449 g/mol. The summed E-state index contributed by atoms with van der Waals surface area (Å²) in [7, 11) is 0. The zero-order valence-corrected chi connectivity index (χ0v) is 18.9. The van der Waals surface area contributed by atoms with Gasteiger partial charge >= 0.3 is 0 Å². The van der Waals surface area contributed by atoms with Crippen LogP contribution in [0.2, 0.25) is 5.02 Å². The van der Waals surface area contributed by atoms with Crippen LogP contribution in [-0.2, 0) is 0 Å². The van der Waals surface area contributed by atoms with Crippen LogP contribution in [0, 0.1) is 5.82 Å². The van der Waals surface area contributed by atoms with Gasteiger partial charge in [0.1, 0.15) is 17.3 Å². The Morgan fingerprint density at radius 1 is 0.938 bits per heavy atom. The van der Waals surface area contributed by atoms with Crippen molar-refractivity contribution in [1.82, 2.24) is 14.8 Å². The van der Waals surface area contributed by atoms with Gasteiger partial charge in [-0.1, -0.05) is 47.6 Å². The monoisotopic (exact) mass is 469 g/mol. The Kier molecular flexibility index (Phi) is 7.29. The highest BCUT2D eigenvalue weighted by molar-refractivity contribution is 7.99. The fourth-order valence-electron chi connectivity index (χ4n) is 3.11. The summed E-state index contributed by atoms with van der Waals surface area (Å²) in [4.78, 5) is 0. The molecule has 5 nitrogen and oxygen atoms in total. The summed E-state index contributed by atoms with van der Waals surface area (Å²) in [5, 5.41) is 9.81. The molecule has 0 aliphatic rings. The molecule has 0 atom stereocenters. The predicted octanol–water partition coefficient (Wildman–Crippen LogP) is 6.30. The highest BCUT2D eigenvalue weighted by Crippen LogP contribution is 2.30. The Hall–Kier alpha value is -3.03. The van der Waals surface area contributed by atoms with Crippen molar-refractivity contribution < 1.29 is 13.9 Å². The number of hydrogen-bond acceptors (Lipinski definition) is 5. The van der Waals surface area contributed by atoms with Crippen LogP contribution in [0.15, 0.2) is 78.0 Å². The van der Waals surface area contributed by atoms with Gasteiger partial charge in [-0.05, 0) is 55.5 Å². The van der Waals surface area contributed by atoms with E-state index in [1.165, 1.54) is 17.8 Å². The highest BCUT2D eigenvalue weighted by Gasteiger charge is 2.18. The molecule has 8 heteroatoms. The van der Waals surface area contributed by atoms with Gasteiger partial charge in [0.2, 0.25) is 0 Å². The van der Waals surface area contributed by atoms with Crippen LogP contribution in [0.4, 0.5) is 4.39 Å². The van der Waals surface area contributed by atoms with Crippen molar-refractivity contribution in [1.29, 1.82) is 0 Å². The summed E-state index contributed by atoms with van der Waals surface area (Å²) >= 11 is 7.57. The van der Waals surface area contributed by atoms with Crippen LogP contribution in [-0.4, -0.2) is 33.7 Å². The van der Waals surface area contributed by atoms with E-state index in [1.54, 1.807) is 28.8 Å². The Morgan fingerprint density at radius 3 is 2.44 bits per heavy atom. The molecule has 1 heterocycles. The first-order valence-electron chi connectivity index (χ1n) is 10.1. The summed E-state index contributed by atoms with van der Waals surface area (Å²) in [5.41, 5.74) is 1.19. The second kappa shape index (κ2) is 10.5. The van der Waals surface area contributed by atoms with Gasteiger partial charge < -0.3 is 9.47 Å². The molecule has 0 fully saturated rings. The van der Waals surface area contributed by atoms with E-state index in [-0.39, 0.29) is 5.82 Å². The van der Waals surface area contributed by atoms with Crippen LogP contribution in [0.5, 0.6) is 11.5 Å². The smallest absolute Gasteiger partial charge is 0.196 e. The average Bonchev–Trinajstić information content (AvgIpc) is 3.22. The Morgan fingerprint density at radius 2 is 1.69 bits per heavy atom. The van der Waals surface area contributed by atoms with Gasteiger partial charge in [-0.25, -0.2) is 4.39 Å². The number of halogens is 2. The zero-order chi connectivity index (χ0) is 22.3. The number of para-hydroxylation sites is 2. The van der Waals surface area contributed by atoms with Crippen LogP contribution >= 0.6 is 23.4 Å². The first-order valence-corrected chi connectivity index (χ1v) is 11.5. The third-order valence-corrected chi connectivity index (χ3v) is 5.76. The van der Waals surface area contributed by atoms with Gasteiger partial charge in [-0.2, -0.15) is 0 Å². The molecule has 3 aromatic carbocycles. The van der Waals surface area contributed by atoms with Crippen LogP contribution in [0.25, 0.3) is 17.1 Å². The number of hydrogen-bond donors (Lipinski definition) is 0. The molecule has 0 N–H and O–H groups in total. The highest BCUT2D eigenvalue weighted by atomic mass is 35.5. The maximum atomic E-state index is 14.7. The van der Waals surface area contributed by atoms with Crippen molar-refractivity contribution in [2.45, 2.75) is 12.1 Å². The number of rotatable bonds is 9. The molecule has 4 rings (SSSR count). The van der Waals surface area contributed by atoms with E-state index >= 15 is 0 Å². The fourth-order valence-corrected chi connectivity index (χ4v) is 4.07. The van der Waals surface area contributed by atoms with Gasteiger partial charge in [0.15, 0.2) is 11.0 Å². The fraction of sp³-hybridized carbons (Fsp3) is 0.167. The second-order valence-corrected chi connectivity index (χ2v) is 8.15. The lowest BCUT2D eigenvalue weighted by Gasteiger charge is -2.12. The SMILES string of the molecule is CCOc1ccc(-c2nnc(SCCOc3ccccc3Cl)n2-c2ccccc2F)cc1. The minimum Gasteiger partial charge on any atom is -0.494 e. The van der Waals surface area contributed by atoms with E-state index in [0.717, 1.165) is 11.3 Å². The molecule has 0 saturated heterocycles. The van der Waals surface area contributed by atoms with Crippen molar-refractivity contribution in [3.05, 3.63) is 83.6 Å². The Balaban J connectivity index is 1.58. The van der Waals surface area contributed by atoms with Crippen molar-refractivity contribution >= 4 is 23.4 Å². The largest absolute Gasteiger partial charge is 0.494 e. The van der Waals surface area contributed by atoms with Crippen molar-refractivity contribution in [2.24, 2.45) is 0 Å². The third kappa shape index (κ3) is 5.06. The summed E-state index contributed by atoms with van der Waals surface area (Å²) in [5.74, 6) is 2.17. The lowest BCUT2D eigenvalue weighted by Crippen LogP contribution is -2.05. The normalized spacial score (nSPS) is 10.8. The maximum absolute atomic E-state index is 14.7. The van der Waals surface area contributed by atoms with Gasteiger partial charge in [0.25, 0.3) is 0 Å². The quantitative estimate of drug-likeness (QED) is 0.213. The molecule has 0 saturated carbocycles. The lowest BCUT2D eigenvalue weighted by atomic mass is 10.2. The average molecular weight is 470 g/mol.